The zero-order valence-corrected chi connectivity index (χ0v) is 12.8. The monoisotopic (exact) mass is 285 g/mol. The third-order valence-corrected chi connectivity index (χ3v) is 4.48. The third kappa shape index (κ3) is 3.31. The van der Waals surface area contributed by atoms with E-state index in [4.69, 9.17) is 0 Å². The molecule has 1 saturated heterocycles. The second kappa shape index (κ2) is 5.95. The Morgan fingerprint density at radius 2 is 1.90 bits per heavy atom. The maximum atomic E-state index is 4.58. The van der Waals surface area contributed by atoms with Crippen molar-refractivity contribution in [3.05, 3.63) is 42.2 Å². The zero-order valence-electron chi connectivity index (χ0n) is 12.8. The molecule has 1 aromatic heterocycles. The van der Waals surface area contributed by atoms with E-state index in [0.717, 1.165) is 31.0 Å². The van der Waals surface area contributed by atoms with Crippen LogP contribution in [0.5, 0.6) is 0 Å². The summed E-state index contributed by atoms with van der Waals surface area (Å²) in [5.74, 6) is 0. The SMILES string of the molecule is CNC1(C)CCN(Cc2cnn(-c3ccccc3)n2)CC1. The summed E-state index contributed by atoms with van der Waals surface area (Å²) < 4.78 is 0. The Bertz CT molecular complexity index is 569. The lowest BCUT2D eigenvalue weighted by Crippen LogP contribution is -2.49. The van der Waals surface area contributed by atoms with Crippen LogP contribution in [0.3, 0.4) is 0 Å². The number of piperidine rings is 1. The summed E-state index contributed by atoms with van der Waals surface area (Å²) in [6.45, 7) is 5.40. The van der Waals surface area contributed by atoms with Gasteiger partial charge < -0.3 is 5.32 Å². The van der Waals surface area contributed by atoms with Crippen LogP contribution in [0.15, 0.2) is 36.5 Å². The topological polar surface area (TPSA) is 46.0 Å². The fourth-order valence-electron chi connectivity index (χ4n) is 2.74. The van der Waals surface area contributed by atoms with Crippen molar-refractivity contribution in [2.45, 2.75) is 31.8 Å². The van der Waals surface area contributed by atoms with Crippen molar-refractivity contribution in [1.82, 2.24) is 25.2 Å². The predicted octanol–water partition coefficient (Wildman–Crippen LogP) is 1.84. The molecule has 0 saturated carbocycles. The van der Waals surface area contributed by atoms with Gasteiger partial charge in [-0.3, -0.25) is 4.90 Å². The highest BCUT2D eigenvalue weighted by atomic mass is 15.5. The molecule has 1 fully saturated rings. The molecule has 5 heteroatoms. The van der Waals surface area contributed by atoms with Crippen LogP contribution in [-0.2, 0) is 6.54 Å². The van der Waals surface area contributed by atoms with E-state index in [0.29, 0.717) is 0 Å². The summed E-state index contributed by atoms with van der Waals surface area (Å²) in [5, 5.41) is 12.4. The van der Waals surface area contributed by atoms with Crippen LogP contribution >= 0.6 is 0 Å². The van der Waals surface area contributed by atoms with E-state index in [1.54, 1.807) is 4.80 Å². The number of nitrogens with zero attached hydrogens (tertiary/aromatic N) is 4. The lowest BCUT2D eigenvalue weighted by molar-refractivity contribution is 0.145. The minimum atomic E-state index is 0.290. The summed E-state index contributed by atoms with van der Waals surface area (Å²) in [7, 11) is 2.06. The van der Waals surface area contributed by atoms with Crippen molar-refractivity contribution in [1.29, 1.82) is 0 Å². The molecule has 0 atom stereocenters. The average molecular weight is 285 g/mol. The van der Waals surface area contributed by atoms with Gasteiger partial charge in [-0.15, -0.1) is 0 Å². The number of likely N-dealkylation sites (tertiary alicyclic amines) is 1. The van der Waals surface area contributed by atoms with Crippen LogP contribution in [0, 0.1) is 0 Å². The number of nitrogens with one attached hydrogen (secondary N) is 1. The van der Waals surface area contributed by atoms with Crippen LogP contribution < -0.4 is 5.32 Å². The molecule has 1 aromatic carbocycles. The molecule has 5 nitrogen and oxygen atoms in total. The molecule has 0 amide bonds. The smallest absolute Gasteiger partial charge is 0.0971 e. The first-order valence-corrected chi connectivity index (χ1v) is 7.56. The average Bonchev–Trinajstić information content (AvgIpc) is 2.99. The van der Waals surface area contributed by atoms with Gasteiger partial charge >= 0.3 is 0 Å². The van der Waals surface area contributed by atoms with E-state index >= 15 is 0 Å². The first kappa shape index (κ1) is 14.2. The Balaban J connectivity index is 1.61. The minimum absolute atomic E-state index is 0.290. The van der Waals surface area contributed by atoms with Crippen molar-refractivity contribution in [3.63, 3.8) is 0 Å². The number of aromatic nitrogens is 3. The van der Waals surface area contributed by atoms with Gasteiger partial charge in [-0.25, -0.2) is 0 Å². The maximum absolute atomic E-state index is 4.58. The number of hydrogen-bond acceptors (Lipinski definition) is 4. The first-order chi connectivity index (χ1) is 10.2. The van der Waals surface area contributed by atoms with Gasteiger partial charge in [0, 0.05) is 25.2 Å². The first-order valence-electron chi connectivity index (χ1n) is 7.56. The number of benzene rings is 1. The lowest BCUT2D eigenvalue weighted by atomic mass is 9.90. The molecule has 1 aliphatic rings. The van der Waals surface area contributed by atoms with Gasteiger partial charge in [0.2, 0.25) is 0 Å². The second-order valence-corrected chi connectivity index (χ2v) is 6.05. The van der Waals surface area contributed by atoms with Gasteiger partial charge in [0.05, 0.1) is 17.6 Å². The summed E-state index contributed by atoms with van der Waals surface area (Å²) >= 11 is 0. The van der Waals surface area contributed by atoms with Crippen molar-refractivity contribution >= 4 is 0 Å². The molecule has 3 rings (SSSR count). The van der Waals surface area contributed by atoms with Crippen molar-refractivity contribution in [2.24, 2.45) is 0 Å². The van der Waals surface area contributed by atoms with E-state index in [9.17, 15) is 0 Å². The quantitative estimate of drug-likeness (QED) is 0.931. The zero-order chi connectivity index (χ0) is 14.7. The highest BCUT2D eigenvalue weighted by Gasteiger charge is 2.28. The molecular weight excluding hydrogens is 262 g/mol. The molecule has 0 unspecified atom stereocenters. The second-order valence-electron chi connectivity index (χ2n) is 6.05. The highest BCUT2D eigenvalue weighted by molar-refractivity contribution is 5.28. The fourth-order valence-corrected chi connectivity index (χ4v) is 2.74. The van der Waals surface area contributed by atoms with Crippen molar-refractivity contribution < 1.29 is 0 Å². The molecule has 2 heterocycles. The Morgan fingerprint density at radius 1 is 1.19 bits per heavy atom. The normalized spacial score (nSPS) is 18.8. The lowest BCUT2D eigenvalue weighted by Gasteiger charge is -2.39. The maximum Gasteiger partial charge on any atom is 0.0971 e. The molecular formula is C16H23N5. The Hall–Kier alpha value is -1.72. The number of hydrogen-bond donors (Lipinski definition) is 1. The molecule has 2 aromatic rings. The Kier molecular flexibility index (Phi) is 4.03. The largest absolute Gasteiger partial charge is 0.314 e. The molecule has 1 aliphatic heterocycles. The van der Waals surface area contributed by atoms with E-state index in [1.165, 1.54) is 12.8 Å². The van der Waals surface area contributed by atoms with Gasteiger partial charge in [0.1, 0.15) is 0 Å². The van der Waals surface area contributed by atoms with Crippen LogP contribution in [0.2, 0.25) is 0 Å². The Morgan fingerprint density at radius 3 is 2.57 bits per heavy atom. The summed E-state index contributed by atoms with van der Waals surface area (Å²) in [6.07, 6.45) is 4.23. The van der Waals surface area contributed by atoms with E-state index in [1.807, 2.05) is 36.5 Å². The molecule has 0 radical (unpaired) electrons. The van der Waals surface area contributed by atoms with Crippen molar-refractivity contribution in [3.8, 4) is 5.69 Å². The summed E-state index contributed by atoms with van der Waals surface area (Å²) in [6, 6.07) is 10.0. The van der Waals surface area contributed by atoms with Gasteiger partial charge in [-0.2, -0.15) is 15.0 Å². The van der Waals surface area contributed by atoms with Gasteiger partial charge in [-0.05, 0) is 38.9 Å². The predicted molar refractivity (Wildman–Crippen MR) is 83.3 cm³/mol. The van der Waals surface area contributed by atoms with Crippen LogP contribution in [0.4, 0.5) is 0 Å². The van der Waals surface area contributed by atoms with E-state index in [-0.39, 0.29) is 5.54 Å². The molecule has 112 valence electrons. The standard InChI is InChI=1S/C16H23N5/c1-16(17-2)8-10-20(11-9-16)13-14-12-18-21(19-14)15-6-4-3-5-7-15/h3-7,12,17H,8-11,13H2,1-2H3. The summed E-state index contributed by atoms with van der Waals surface area (Å²) in [4.78, 5) is 4.16. The molecule has 0 aliphatic carbocycles. The molecule has 0 bridgehead atoms. The van der Waals surface area contributed by atoms with Gasteiger partial charge in [0.25, 0.3) is 0 Å². The molecule has 1 N–H and O–H groups in total. The highest BCUT2D eigenvalue weighted by Crippen LogP contribution is 2.22. The van der Waals surface area contributed by atoms with Crippen LogP contribution in [-0.4, -0.2) is 45.6 Å². The number of rotatable bonds is 4. The third-order valence-electron chi connectivity index (χ3n) is 4.48. The van der Waals surface area contributed by atoms with E-state index < -0.39 is 0 Å². The molecule has 21 heavy (non-hydrogen) atoms. The Labute approximate surface area is 126 Å². The van der Waals surface area contributed by atoms with E-state index in [2.05, 4.69) is 34.4 Å². The summed E-state index contributed by atoms with van der Waals surface area (Å²) in [5.41, 5.74) is 2.33. The number of para-hydroxylation sites is 1. The fraction of sp³-hybridized carbons (Fsp3) is 0.500. The molecule has 0 spiro atoms. The van der Waals surface area contributed by atoms with Gasteiger partial charge in [0.15, 0.2) is 0 Å². The van der Waals surface area contributed by atoms with Crippen LogP contribution in [0.1, 0.15) is 25.5 Å². The van der Waals surface area contributed by atoms with Gasteiger partial charge in [-0.1, -0.05) is 18.2 Å². The van der Waals surface area contributed by atoms with Crippen LogP contribution in [0.25, 0.3) is 5.69 Å². The van der Waals surface area contributed by atoms with Crippen molar-refractivity contribution in [2.75, 3.05) is 20.1 Å². The minimum Gasteiger partial charge on any atom is -0.314 e.